The summed E-state index contributed by atoms with van der Waals surface area (Å²) in [6, 6.07) is 55.8. The topological polar surface area (TPSA) is 51.8 Å². The zero-order valence-corrected chi connectivity index (χ0v) is 24.3. The molecular weight excluding hydrogens is 550 g/mol. The Morgan fingerprint density at radius 2 is 0.889 bits per heavy atom. The molecule has 45 heavy (non-hydrogen) atoms. The average Bonchev–Trinajstić information content (AvgIpc) is 3.56. The van der Waals surface area contributed by atoms with Crippen LogP contribution in [-0.4, -0.2) is 15.0 Å². The Morgan fingerprint density at radius 1 is 0.356 bits per heavy atom. The van der Waals surface area contributed by atoms with E-state index in [2.05, 4.69) is 103 Å². The molecule has 8 rings (SSSR count). The van der Waals surface area contributed by atoms with Crippen LogP contribution in [0.1, 0.15) is 0 Å². The summed E-state index contributed by atoms with van der Waals surface area (Å²) in [5, 5.41) is 0. The lowest BCUT2D eigenvalue weighted by molar-refractivity contribution is 0.620. The van der Waals surface area contributed by atoms with Gasteiger partial charge >= 0.3 is 0 Å². The highest BCUT2D eigenvalue weighted by molar-refractivity contribution is 5.89. The van der Waals surface area contributed by atoms with Crippen molar-refractivity contribution < 1.29 is 4.42 Å². The van der Waals surface area contributed by atoms with Crippen LogP contribution < -0.4 is 0 Å². The molecule has 0 saturated carbocycles. The summed E-state index contributed by atoms with van der Waals surface area (Å²) in [7, 11) is 0. The smallest absolute Gasteiger partial charge is 0.227 e. The molecule has 6 aromatic carbocycles. The molecule has 0 amide bonds. The predicted molar refractivity (Wildman–Crippen MR) is 182 cm³/mol. The Morgan fingerprint density at radius 3 is 1.60 bits per heavy atom. The number of fused-ring (bicyclic) bond motifs is 1. The van der Waals surface area contributed by atoms with E-state index in [1.54, 1.807) is 0 Å². The molecule has 8 aromatic rings. The van der Waals surface area contributed by atoms with E-state index in [1.807, 2.05) is 60.7 Å². The highest BCUT2D eigenvalue weighted by Crippen LogP contribution is 2.36. The van der Waals surface area contributed by atoms with Crippen LogP contribution in [0, 0.1) is 0 Å². The van der Waals surface area contributed by atoms with Gasteiger partial charge in [-0.1, -0.05) is 133 Å². The van der Waals surface area contributed by atoms with Crippen molar-refractivity contribution in [2.75, 3.05) is 0 Å². The highest BCUT2D eigenvalue weighted by Gasteiger charge is 2.16. The fraction of sp³-hybridized carbons (Fsp3) is 0. The van der Waals surface area contributed by atoms with Crippen LogP contribution in [0.4, 0.5) is 0 Å². The van der Waals surface area contributed by atoms with Crippen LogP contribution in [0.3, 0.4) is 0 Å². The van der Waals surface area contributed by atoms with Gasteiger partial charge < -0.3 is 4.42 Å². The third-order valence-electron chi connectivity index (χ3n) is 7.97. The molecule has 0 unspecified atom stereocenters. The summed E-state index contributed by atoms with van der Waals surface area (Å²) in [5.74, 6) is 1.30. The van der Waals surface area contributed by atoms with Gasteiger partial charge in [0.25, 0.3) is 0 Å². The van der Waals surface area contributed by atoms with Crippen LogP contribution in [0.15, 0.2) is 168 Å². The first-order chi connectivity index (χ1) is 22.3. The number of hydrogen-bond acceptors (Lipinski definition) is 4. The Kier molecular flexibility index (Phi) is 6.78. The molecule has 0 aliphatic rings. The third-order valence-corrected chi connectivity index (χ3v) is 7.97. The van der Waals surface area contributed by atoms with E-state index < -0.39 is 0 Å². The molecule has 0 N–H and O–H groups in total. The van der Waals surface area contributed by atoms with Crippen molar-refractivity contribution in [1.82, 2.24) is 15.0 Å². The molecule has 0 bridgehead atoms. The first-order valence-electron chi connectivity index (χ1n) is 14.9. The van der Waals surface area contributed by atoms with E-state index in [0.717, 1.165) is 55.9 Å². The maximum atomic E-state index is 6.09. The number of hydrogen-bond donors (Lipinski definition) is 0. The summed E-state index contributed by atoms with van der Waals surface area (Å²) < 4.78 is 6.09. The first kappa shape index (κ1) is 26.5. The summed E-state index contributed by atoms with van der Waals surface area (Å²) in [6.45, 7) is 0. The van der Waals surface area contributed by atoms with Gasteiger partial charge in [0.1, 0.15) is 5.52 Å². The quantitative estimate of drug-likeness (QED) is 0.197. The zero-order chi connectivity index (χ0) is 30.0. The first-order valence-corrected chi connectivity index (χ1v) is 14.9. The summed E-state index contributed by atoms with van der Waals surface area (Å²) in [4.78, 5) is 15.0. The van der Waals surface area contributed by atoms with Crippen LogP contribution in [0.2, 0.25) is 0 Å². The maximum Gasteiger partial charge on any atom is 0.227 e. The second-order valence-corrected chi connectivity index (χ2v) is 10.9. The lowest BCUT2D eigenvalue weighted by atomic mass is 9.96. The number of aromatic nitrogens is 3. The third kappa shape index (κ3) is 5.30. The van der Waals surface area contributed by atoms with Crippen molar-refractivity contribution in [2.24, 2.45) is 0 Å². The Bertz CT molecular complexity index is 2240. The van der Waals surface area contributed by atoms with Crippen molar-refractivity contribution >= 4 is 11.1 Å². The van der Waals surface area contributed by atoms with E-state index in [4.69, 9.17) is 19.4 Å². The van der Waals surface area contributed by atoms with E-state index in [0.29, 0.717) is 11.7 Å². The van der Waals surface area contributed by atoms with Gasteiger partial charge in [0, 0.05) is 22.3 Å². The van der Waals surface area contributed by atoms with Gasteiger partial charge in [-0.05, 0) is 52.6 Å². The van der Waals surface area contributed by atoms with Crippen molar-refractivity contribution in [3.05, 3.63) is 164 Å². The Balaban J connectivity index is 1.24. The Hall–Kier alpha value is -6.13. The van der Waals surface area contributed by atoms with Crippen molar-refractivity contribution in [3.8, 4) is 67.6 Å². The molecule has 4 nitrogen and oxygen atoms in total. The minimum atomic E-state index is 0.613. The number of oxazole rings is 1. The van der Waals surface area contributed by atoms with Gasteiger partial charge in [-0.15, -0.1) is 0 Å². The van der Waals surface area contributed by atoms with E-state index in [1.165, 1.54) is 11.1 Å². The molecule has 0 spiro atoms. The monoisotopic (exact) mass is 577 g/mol. The fourth-order valence-electron chi connectivity index (χ4n) is 5.67. The molecule has 0 saturated heterocycles. The normalized spacial score (nSPS) is 11.1. The van der Waals surface area contributed by atoms with Crippen molar-refractivity contribution in [2.45, 2.75) is 0 Å². The van der Waals surface area contributed by atoms with Crippen LogP contribution in [-0.2, 0) is 0 Å². The summed E-state index contributed by atoms with van der Waals surface area (Å²) >= 11 is 0. The molecule has 212 valence electrons. The lowest BCUT2D eigenvalue weighted by Gasteiger charge is -2.13. The van der Waals surface area contributed by atoms with E-state index in [-0.39, 0.29) is 0 Å². The van der Waals surface area contributed by atoms with Crippen LogP contribution in [0.5, 0.6) is 0 Å². The average molecular weight is 578 g/mol. The molecule has 0 radical (unpaired) electrons. The molecule has 0 atom stereocenters. The minimum absolute atomic E-state index is 0.613. The van der Waals surface area contributed by atoms with Gasteiger partial charge in [0.05, 0.1) is 11.4 Å². The molecular formula is C41H27N3O. The van der Waals surface area contributed by atoms with Crippen molar-refractivity contribution in [1.29, 1.82) is 0 Å². The zero-order valence-electron chi connectivity index (χ0n) is 24.3. The molecule has 0 aliphatic heterocycles. The summed E-state index contributed by atoms with van der Waals surface area (Å²) in [5.41, 5.74) is 11.7. The number of benzene rings is 6. The molecule has 4 heteroatoms. The van der Waals surface area contributed by atoms with Crippen LogP contribution in [0.25, 0.3) is 78.7 Å². The fourth-order valence-corrected chi connectivity index (χ4v) is 5.67. The minimum Gasteiger partial charge on any atom is -0.436 e. The van der Waals surface area contributed by atoms with Gasteiger partial charge in [0.15, 0.2) is 11.4 Å². The van der Waals surface area contributed by atoms with Crippen LogP contribution >= 0.6 is 0 Å². The molecule has 2 aromatic heterocycles. The largest absolute Gasteiger partial charge is 0.436 e. The Labute approximate surface area is 261 Å². The molecule has 2 heterocycles. The summed E-state index contributed by atoms with van der Waals surface area (Å²) in [6.07, 6.45) is 0. The standard InChI is InChI=1S/C41H27N3O/c1-4-12-28(13-5-1)29-20-22-30(23-21-29)36-27-37(43-40(42-36)31-14-6-2-7-15-31)35-19-11-10-18-34(35)33-24-25-39-38(26-33)44-41(45-39)32-16-8-3-9-17-32/h1-27H. The van der Waals surface area contributed by atoms with Gasteiger partial charge in [-0.25, -0.2) is 15.0 Å². The highest BCUT2D eigenvalue weighted by atomic mass is 16.3. The van der Waals surface area contributed by atoms with E-state index in [9.17, 15) is 0 Å². The van der Waals surface area contributed by atoms with Gasteiger partial charge in [-0.2, -0.15) is 0 Å². The second-order valence-electron chi connectivity index (χ2n) is 10.9. The lowest BCUT2D eigenvalue weighted by Crippen LogP contribution is -1.97. The number of rotatable bonds is 6. The van der Waals surface area contributed by atoms with Gasteiger partial charge in [-0.3, -0.25) is 0 Å². The molecule has 0 fully saturated rings. The molecule has 0 aliphatic carbocycles. The van der Waals surface area contributed by atoms with Crippen molar-refractivity contribution in [3.63, 3.8) is 0 Å². The SMILES string of the molecule is c1ccc(-c2ccc(-c3cc(-c4ccccc4-c4ccc5oc(-c6ccccc6)nc5c4)nc(-c4ccccc4)n3)cc2)cc1. The maximum absolute atomic E-state index is 6.09. The number of nitrogens with zero attached hydrogens (tertiary/aromatic N) is 3. The van der Waals surface area contributed by atoms with Gasteiger partial charge in [0.2, 0.25) is 5.89 Å². The van der Waals surface area contributed by atoms with E-state index >= 15 is 0 Å². The predicted octanol–water partition coefficient (Wildman–Crippen LogP) is 10.6. The second kappa shape index (κ2) is 11.5.